The molecule has 12 atom stereocenters. The Hall–Kier alpha value is -0.910. The topological polar surface area (TPSA) is 98.0 Å². The van der Waals surface area contributed by atoms with E-state index in [0.717, 1.165) is 44.9 Å². The Balaban J connectivity index is 1.65. The summed E-state index contributed by atoms with van der Waals surface area (Å²) in [5.41, 5.74) is -0.536. The maximum atomic E-state index is 12.8. The molecular formula is C30H48O5. The third kappa shape index (κ3) is 2.84. The Morgan fingerprint density at radius 1 is 0.886 bits per heavy atom. The molecule has 35 heavy (non-hydrogen) atoms. The molecule has 0 aromatic carbocycles. The van der Waals surface area contributed by atoms with Crippen LogP contribution in [0.15, 0.2) is 11.6 Å². The molecule has 0 saturated heterocycles. The van der Waals surface area contributed by atoms with Gasteiger partial charge in [0.05, 0.1) is 17.6 Å². The number of aliphatic hydroxyl groups is 3. The number of carbonyl (C=O) groups is 1. The second-order valence-electron chi connectivity index (χ2n) is 14.7. The van der Waals surface area contributed by atoms with Crippen molar-refractivity contribution in [2.24, 2.45) is 56.7 Å². The molecule has 0 aromatic heterocycles. The molecular weight excluding hydrogens is 440 g/mol. The van der Waals surface area contributed by atoms with Crippen molar-refractivity contribution >= 4 is 5.97 Å². The maximum Gasteiger partial charge on any atom is 0.310 e. The van der Waals surface area contributed by atoms with Crippen LogP contribution in [-0.4, -0.2) is 44.7 Å². The van der Waals surface area contributed by atoms with Crippen LogP contribution >= 0.6 is 0 Å². The lowest BCUT2D eigenvalue weighted by molar-refractivity contribution is -0.278. The van der Waals surface area contributed by atoms with Gasteiger partial charge in [-0.15, -0.1) is 0 Å². The van der Waals surface area contributed by atoms with Gasteiger partial charge in [-0.1, -0.05) is 60.1 Å². The van der Waals surface area contributed by atoms with E-state index >= 15 is 0 Å². The largest absolute Gasteiger partial charge is 0.481 e. The van der Waals surface area contributed by atoms with Gasteiger partial charge in [0.25, 0.3) is 0 Å². The van der Waals surface area contributed by atoms with Crippen molar-refractivity contribution in [2.45, 2.75) is 112 Å². The van der Waals surface area contributed by atoms with Crippen LogP contribution in [-0.2, 0) is 4.79 Å². The summed E-state index contributed by atoms with van der Waals surface area (Å²) in [7, 11) is 0. The lowest BCUT2D eigenvalue weighted by atomic mass is 9.33. The average molecular weight is 489 g/mol. The number of allylic oxidation sites excluding steroid dienone is 2. The Kier molecular flexibility index (Phi) is 5.56. The van der Waals surface area contributed by atoms with E-state index in [2.05, 4.69) is 54.5 Å². The molecule has 5 heteroatoms. The van der Waals surface area contributed by atoms with E-state index in [1.165, 1.54) is 5.57 Å². The Bertz CT molecular complexity index is 941. The minimum Gasteiger partial charge on any atom is -0.481 e. The molecule has 3 unspecified atom stereocenters. The first-order valence-corrected chi connectivity index (χ1v) is 14.1. The molecule has 4 N–H and O–H groups in total. The molecule has 0 bridgehead atoms. The monoisotopic (exact) mass is 488 g/mol. The van der Waals surface area contributed by atoms with Gasteiger partial charge in [-0.05, 0) is 90.8 Å². The van der Waals surface area contributed by atoms with Crippen LogP contribution in [0.5, 0.6) is 0 Å². The Morgan fingerprint density at radius 2 is 1.54 bits per heavy atom. The molecule has 5 rings (SSSR count). The van der Waals surface area contributed by atoms with Crippen molar-refractivity contribution in [3.8, 4) is 0 Å². The van der Waals surface area contributed by atoms with E-state index < -0.39 is 40.5 Å². The Labute approximate surface area is 211 Å². The highest BCUT2D eigenvalue weighted by atomic mass is 16.4. The second kappa shape index (κ2) is 7.57. The fourth-order valence-corrected chi connectivity index (χ4v) is 10.9. The molecule has 5 aliphatic rings. The van der Waals surface area contributed by atoms with Crippen LogP contribution in [0.2, 0.25) is 0 Å². The summed E-state index contributed by atoms with van der Waals surface area (Å²) in [6, 6.07) is 0. The van der Waals surface area contributed by atoms with Crippen LogP contribution < -0.4 is 0 Å². The van der Waals surface area contributed by atoms with Gasteiger partial charge in [-0.25, -0.2) is 0 Å². The summed E-state index contributed by atoms with van der Waals surface area (Å²) in [6.07, 6.45) is 5.34. The summed E-state index contributed by atoms with van der Waals surface area (Å²) in [4.78, 5) is 12.8. The van der Waals surface area contributed by atoms with E-state index in [-0.39, 0.29) is 28.6 Å². The zero-order valence-corrected chi connectivity index (χ0v) is 22.8. The van der Waals surface area contributed by atoms with E-state index in [4.69, 9.17) is 0 Å². The quantitative estimate of drug-likeness (QED) is 0.388. The van der Waals surface area contributed by atoms with Crippen molar-refractivity contribution in [3.05, 3.63) is 11.6 Å². The Morgan fingerprint density at radius 3 is 2.17 bits per heavy atom. The first kappa shape index (κ1) is 25.7. The highest BCUT2D eigenvalue weighted by molar-refractivity contribution is 5.76. The lowest BCUT2D eigenvalue weighted by Gasteiger charge is -2.72. The average Bonchev–Trinajstić information content (AvgIpc) is 2.79. The van der Waals surface area contributed by atoms with E-state index in [1.807, 2.05) is 0 Å². The summed E-state index contributed by atoms with van der Waals surface area (Å²) >= 11 is 0. The maximum absolute atomic E-state index is 12.8. The van der Waals surface area contributed by atoms with Crippen molar-refractivity contribution in [2.75, 3.05) is 0 Å². The number of hydrogen-bond acceptors (Lipinski definition) is 4. The lowest BCUT2D eigenvalue weighted by Crippen LogP contribution is -2.72. The van der Waals surface area contributed by atoms with Gasteiger partial charge in [-0.3, -0.25) is 4.79 Å². The van der Waals surface area contributed by atoms with Gasteiger partial charge < -0.3 is 20.4 Å². The highest BCUT2D eigenvalue weighted by Gasteiger charge is 2.72. The summed E-state index contributed by atoms with van der Waals surface area (Å²) in [5, 5.41) is 44.0. The third-order valence-electron chi connectivity index (χ3n) is 13.5. The van der Waals surface area contributed by atoms with Gasteiger partial charge >= 0.3 is 5.97 Å². The van der Waals surface area contributed by atoms with Crippen molar-refractivity contribution in [1.82, 2.24) is 0 Å². The molecule has 0 aromatic rings. The fraction of sp³-hybridized carbons (Fsp3) is 0.900. The summed E-state index contributed by atoms with van der Waals surface area (Å²) in [6.45, 7) is 15.6. The SMILES string of the molecule is C[C@@H]1CC[C@]2(C(=O)O)CC[C@]3(C)C(=CCC4[C@]5(C)C(CC[C@]43C)C(C)(C)[C@@H](O)[C@@H](O)[C@H]5O)C2[C@H]1C. The van der Waals surface area contributed by atoms with Crippen molar-refractivity contribution in [1.29, 1.82) is 0 Å². The summed E-state index contributed by atoms with van der Waals surface area (Å²) < 4.78 is 0. The molecule has 0 aliphatic heterocycles. The molecule has 4 fully saturated rings. The van der Waals surface area contributed by atoms with Crippen LogP contribution in [0.4, 0.5) is 0 Å². The molecule has 5 nitrogen and oxygen atoms in total. The van der Waals surface area contributed by atoms with Gasteiger partial charge in [0, 0.05) is 5.41 Å². The van der Waals surface area contributed by atoms with Gasteiger partial charge in [0.2, 0.25) is 0 Å². The number of hydrogen-bond donors (Lipinski definition) is 4. The predicted molar refractivity (Wildman–Crippen MR) is 135 cm³/mol. The number of aliphatic carboxylic acids is 1. The highest BCUT2D eigenvalue weighted by Crippen LogP contribution is 2.75. The van der Waals surface area contributed by atoms with Crippen LogP contribution in [0.1, 0.15) is 93.4 Å². The summed E-state index contributed by atoms with van der Waals surface area (Å²) in [5.74, 6) is 0.545. The molecule has 0 spiro atoms. The molecule has 0 heterocycles. The first-order valence-electron chi connectivity index (χ1n) is 14.1. The standard InChI is InChI=1S/C30H48O5/c1-16-10-13-30(25(34)35)15-14-27(5)18(21(30)17(16)2)8-9-20-28(27,6)12-11-19-26(3,4)23(32)22(31)24(33)29(19,20)7/h8,16-17,19-24,31-33H,9-15H2,1-7H3,(H,34,35)/t16-,17+,19?,20?,21?,22-,23+,24-,27-,28-,29+,30+/m1/s1. The van der Waals surface area contributed by atoms with Crippen LogP contribution in [0.25, 0.3) is 0 Å². The van der Waals surface area contributed by atoms with E-state index in [1.54, 1.807) is 0 Å². The number of rotatable bonds is 1. The van der Waals surface area contributed by atoms with Gasteiger partial charge in [0.15, 0.2) is 0 Å². The van der Waals surface area contributed by atoms with Crippen LogP contribution in [0, 0.1) is 56.7 Å². The smallest absolute Gasteiger partial charge is 0.310 e. The van der Waals surface area contributed by atoms with Crippen molar-refractivity contribution < 1.29 is 25.2 Å². The molecule has 198 valence electrons. The van der Waals surface area contributed by atoms with Gasteiger partial charge in [0.1, 0.15) is 6.10 Å². The number of aliphatic hydroxyl groups excluding tert-OH is 3. The number of fused-ring (bicyclic) bond motifs is 7. The molecule has 0 amide bonds. The third-order valence-corrected chi connectivity index (χ3v) is 13.5. The minimum absolute atomic E-state index is 0.0611. The minimum atomic E-state index is -1.16. The normalized spacial score (nSPS) is 57.1. The number of carboxylic acids is 1. The zero-order chi connectivity index (χ0) is 25.9. The molecule has 0 radical (unpaired) electrons. The molecule has 5 aliphatic carbocycles. The number of carboxylic acid groups (broad SMARTS) is 1. The molecule has 4 saturated carbocycles. The fourth-order valence-electron chi connectivity index (χ4n) is 10.9. The first-order chi connectivity index (χ1) is 16.1. The predicted octanol–water partition coefficient (Wildman–Crippen LogP) is 5.03. The van der Waals surface area contributed by atoms with E-state index in [0.29, 0.717) is 11.8 Å². The van der Waals surface area contributed by atoms with Crippen molar-refractivity contribution in [3.63, 3.8) is 0 Å². The van der Waals surface area contributed by atoms with Crippen LogP contribution in [0.3, 0.4) is 0 Å². The second-order valence-corrected chi connectivity index (χ2v) is 14.7. The van der Waals surface area contributed by atoms with Gasteiger partial charge in [-0.2, -0.15) is 0 Å². The zero-order valence-electron chi connectivity index (χ0n) is 22.8. The van der Waals surface area contributed by atoms with E-state index in [9.17, 15) is 25.2 Å².